The second kappa shape index (κ2) is 5.98. The fourth-order valence-electron chi connectivity index (χ4n) is 1.97. The number of thiazole rings is 1. The molecule has 18 heavy (non-hydrogen) atoms. The molecule has 1 N–H and O–H groups in total. The summed E-state index contributed by atoms with van der Waals surface area (Å²) < 4.78 is 5.21. The third-order valence-electron chi connectivity index (χ3n) is 2.87. The number of aromatic nitrogens is 1. The SMILES string of the molecule is COCc1ccccc1NC(C)c1scnc1C. The number of benzene rings is 1. The van der Waals surface area contributed by atoms with E-state index in [0.29, 0.717) is 6.61 Å². The Labute approximate surface area is 112 Å². The number of nitrogens with zero attached hydrogens (tertiary/aromatic N) is 1. The number of ether oxygens (including phenoxy) is 1. The van der Waals surface area contributed by atoms with Crippen LogP contribution in [0.3, 0.4) is 0 Å². The molecule has 0 saturated heterocycles. The van der Waals surface area contributed by atoms with Crippen molar-refractivity contribution in [1.82, 2.24) is 4.98 Å². The molecule has 0 aliphatic heterocycles. The molecule has 96 valence electrons. The molecular weight excluding hydrogens is 244 g/mol. The lowest BCUT2D eigenvalue weighted by atomic mass is 10.1. The Morgan fingerprint density at radius 3 is 2.83 bits per heavy atom. The monoisotopic (exact) mass is 262 g/mol. The quantitative estimate of drug-likeness (QED) is 0.890. The highest BCUT2D eigenvalue weighted by molar-refractivity contribution is 7.09. The molecule has 1 unspecified atom stereocenters. The predicted octanol–water partition coefficient (Wildman–Crippen LogP) is 3.77. The van der Waals surface area contributed by atoms with Crippen LogP contribution in [-0.2, 0) is 11.3 Å². The van der Waals surface area contributed by atoms with Crippen LogP contribution in [0.5, 0.6) is 0 Å². The zero-order valence-electron chi connectivity index (χ0n) is 10.9. The summed E-state index contributed by atoms with van der Waals surface area (Å²) in [5, 5.41) is 3.53. The van der Waals surface area contributed by atoms with E-state index in [9.17, 15) is 0 Å². The molecule has 0 aliphatic carbocycles. The summed E-state index contributed by atoms with van der Waals surface area (Å²) in [5.74, 6) is 0. The first-order chi connectivity index (χ1) is 8.72. The summed E-state index contributed by atoms with van der Waals surface area (Å²) in [6.07, 6.45) is 0. The molecule has 1 aromatic carbocycles. The van der Waals surface area contributed by atoms with Gasteiger partial charge in [0.1, 0.15) is 0 Å². The third kappa shape index (κ3) is 2.89. The van der Waals surface area contributed by atoms with Gasteiger partial charge >= 0.3 is 0 Å². The maximum Gasteiger partial charge on any atom is 0.0798 e. The van der Waals surface area contributed by atoms with Crippen LogP contribution >= 0.6 is 11.3 Å². The van der Waals surface area contributed by atoms with E-state index in [1.54, 1.807) is 18.4 Å². The summed E-state index contributed by atoms with van der Waals surface area (Å²) in [6, 6.07) is 8.49. The highest BCUT2D eigenvalue weighted by Crippen LogP contribution is 2.27. The molecule has 1 aromatic heterocycles. The highest BCUT2D eigenvalue weighted by Gasteiger charge is 2.12. The van der Waals surface area contributed by atoms with Gasteiger partial charge in [-0.25, -0.2) is 4.98 Å². The first-order valence-corrected chi connectivity index (χ1v) is 6.83. The fraction of sp³-hybridized carbons (Fsp3) is 0.357. The van der Waals surface area contributed by atoms with Gasteiger partial charge in [-0.05, 0) is 19.9 Å². The van der Waals surface area contributed by atoms with Crippen molar-refractivity contribution >= 4 is 17.0 Å². The average Bonchev–Trinajstić information content (AvgIpc) is 2.78. The van der Waals surface area contributed by atoms with Gasteiger partial charge in [0.2, 0.25) is 0 Å². The molecule has 0 saturated carbocycles. The van der Waals surface area contributed by atoms with E-state index < -0.39 is 0 Å². The van der Waals surface area contributed by atoms with E-state index >= 15 is 0 Å². The number of rotatable bonds is 5. The van der Waals surface area contributed by atoms with Crippen LogP contribution in [0, 0.1) is 6.92 Å². The van der Waals surface area contributed by atoms with Crippen LogP contribution in [-0.4, -0.2) is 12.1 Å². The van der Waals surface area contributed by atoms with Gasteiger partial charge in [-0.1, -0.05) is 18.2 Å². The molecule has 3 nitrogen and oxygen atoms in total. The summed E-state index contributed by atoms with van der Waals surface area (Å²) >= 11 is 1.69. The van der Waals surface area contributed by atoms with E-state index in [-0.39, 0.29) is 6.04 Å². The van der Waals surface area contributed by atoms with Crippen LogP contribution in [0.15, 0.2) is 29.8 Å². The average molecular weight is 262 g/mol. The molecule has 2 aromatic rings. The molecule has 0 radical (unpaired) electrons. The van der Waals surface area contributed by atoms with Crippen molar-refractivity contribution < 1.29 is 4.74 Å². The largest absolute Gasteiger partial charge is 0.380 e. The number of anilines is 1. The number of hydrogen-bond donors (Lipinski definition) is 1. The summed E-state index contributed by atoms with van der Waals surface area (Å²) in [7, 11) is 1.72. The molecular formula is C14H18N2OS. The Morgan fingerprint density at radius 1 is 1.39 bits per heavy atom. The second-order valence-electron chi connectivity index (χ2n) is 4.26. The smallest absolute Gasteiger partial charge is 0.0798 e. The van der Waals surface area contributed by atoms with E-state index in [1.165, 1.54) is 10.4 Å². The van der Waals surface area contributed by atoms with Gasteiger partial charge in [0.15, 0.2) is 0 Å². The molecule has 0 bridgehead atoms. The summed E-state index contributed by atoms with van der Waals surface area (Å²) in [4.78, 5) is 5.57. The van der Waals surface area contributed by atoms with Gasteiger partial charge in [0, 0.05) is 23.2 Å². The molecule has 0 amide bonds. The van der Waals surface area contributed by atoms with Crippen LogP contribution in [0.1, 0.15) is 29.1 Å². The van der Waals surface area contributed by atoms with Gasteiger partial charge in [0.25, 0.3) is 0 Å². The van der Waals surface area contributed by atoms with Gasteiger partial charge in [-0.3, -0.25) is 0 Å². The van der Waals surface area contributed by atoms with E-state index in [0.717, 1.165) is 11.4 Å². The van der Waals surface area contributed by atoms with Gasteiger partial charge in [-0.15, -0.1) is 11.3 Å². The van der Waals surface area contributed by atoms with Crippen molar-refractivity contribution in [2.24, 2.45) is 0 Å². The topological polar surface area (TPSA) is 34.1 Å². The lowest BCUT2D eigenvalue weighted by molar-refractivity contribution is 0.185. The highest BCUT2D eigenvalue weighted by atomic mass is 32.1. The summed E-state index contributed by atoms with van der Waals surface area (Å²) in [5.41, 5.74) is 5.29. The van der Waals surface area contributed by atoms with Crippen LogP contribution in [0.2, 0.25) is 0 Å². The second-order valence-corrected chi connectivity index (χ2v) is 5.14. The maximum atomic E-state index is 5.21. The van der Waals surface area contributed by atoms with Crippen molar-refractivity contribution in [2.45, 2.75) is 26.5 Å². The van der Waals surface area contributed by atoms with E-state index in [4.69, 9.17) is 4.74 Å². The minimum absolute atomic E-state index is 0.260. The van der Waals surface area contributed by atoms with Gasteiger partial charge in [-0.2, -0.15) is 0 Å². The van der Waals surface area contributed by atoms with E-state index in [1.807, 2.05) is 24.6 Å². The molecule has 1 atom stereocenters. The fourth-order valence-corrected chi connectivity index (χ4v) is 2.78. The molecule has 0 fully saturated rings. The maximum absolute atomic E-state index is 5.21. The zero-order valence-corrected chi connectivity index (χ0v) is 11.8. The lowest BCUT2D eigenvalue weighted by Gasteiger charge is -2.17. The normalized spacial score (nSPS) is 12.4. The Bertz CT molecular complexity index is 510. The van der Waals surface area contributed by atoms with Gasteiger partial charge < -0.3 is 10.1 Å². The first kappa shape index (κ1) is 13.1. The Morgan fingerprint density at radius 2 is 2.17 bits per heavy atom. The zero-order chi connectivity index (χ0) is 13.0. The number of aryl methyl sites for hydroxylation is 1. The Kier molecular flexibility index (Phi) is 4.33. The number of hydrogen-bond acceptors (Lipinski definition) is 4. The summed E-state index contributed by atoms with van der Waals surface area (Å²) in [6.45, 7) is 4.83. The molecule has 2 rings (SSSR count). The van der Waals surface area contributed by atoms with Crippen LogP contribution < -0.4 is 5.32 Å². The molecule has 1 heterocycles. The van der Waals surface area contributed by atoms with Crippen molar-refractivity contribution in [2.75, 3.05) is 12.4 Å². The van der Waals surface area contributed by atoms with Crippen LogP contribution in [0.25, 0.3) is 0 Å². The van der Waals surface area contributed by atoms with Gasteiger partial charge in [0.05, 0.1) is 23.9 Å². The standard InChI is InChI=1S/C14H18N2OS/c1-10-14(18-9-15-10)11(2)16-13-7-5-4-6-12(13)8-17-3/h4-7,9,11,16H,8H2,1-3H3. The predicted molar refractivity (Wildman–Crippen MR) is 76.0 cm³/mol. The molecule has 0 spiro atoms. The number of methoxy groups -OCH3 is 1. The van der Waals surface area contributed by atoms with E-state index in [2.05, 4.69) is 29.4 Å². The Balaban J connectivity index is 2.16. The molecule has 0 aliphatic rings. The molecule has 4 heteroatoms. The Hall–Kier alpha value is -1.39. The van der Waals surface area contributed by atoms with Crippen LogP contribution in [0.4, 0.5) is 5.69 Å². The number of para-hydroxylation sites is 1. The lowest BCUT2D eigenvalue weighted by Crippen LogP contribution is -2.08. The minimum atomic E-state index is 0.260. The first-order valence-electron chi connectivity index (χ1n) is 5.95. The third-order valence-corrected chi connectivity index (χ3v) is 3.98. The minimum Gasteiger partial charge on any atom is -0.380 e. The van der Waals surface area contributed by atoms with Crippen molar-refractivity contribution in [3.63, 3.8) is 0 Å². The van der Waals surface area contributed by atoms with Crippen molar-refractivity contribution in [1.29, 1.82) is 0 Å². The van der Waals surface area contributed by atoms with Crippen molar-refractivity contribution in [3.05, 3.63) is 45.9 Å². The van der Waals surface area contributed by atoms with Crippen molar-refractivity contribution in [3.8, 4) is 0 Å². The number of nitrogens with one attached hydrogen (secondary N) is 1.